The van der Waals surface area contributed by atoms with E-state index in [0.717, 1.165) is 18.2 Å². The van der Waals surface area contributed by atoms with Crippen molar-refractivity contribution in [3.8, 4) is 11.6 Å². The highest BCUT2D eigenvalue weighted by molar-refractivity contribution is 5.88. The molecule has 8 heteroatoms. The third kappa shape index (κ3) is 2.80. The second kappa shape index (κ2) is 5.08. The minimum atomic E-state index is -1.21. The molecule has 0 saturated carbocycles. The Morgan fingerprint density at radius 1 is 1.37 bits per heavy atom. The van der Waals surface area contributed by atoms with E-state index in [-0.39, 0.29) is 22.9 Å². The molecular weight excluding hydrogens is 254 g/mol. The maximum Gasteiger partial charge on any atom is 0.335 e. The van der Waals surface area contributed by atoms with E-state index in [4.69, 9.17) is 9.84 Å². The van der Waals surface area contributed by atoms with Gasteiger partial charge < -0.3 is 9.84 Å². The molecule has 0 atom stereocenters. The molecule has 0 unspecified atom stereocenters. The number of hydrogen-bond acceptors (Lipinski definition) is 6. The molecule has 0 fully saturated rings. The number of nitro groups is 1. The summed E-state index contributed by atoms with van der Waals surface area (Å²) in [5.41, 5.74) is -0.472. The van der Waals surface area contributed by atoms with Crippen LogP contribution in [0.1, 0.15) is 10.4 Å². The SMILES string of the molecule is O=C(O)c1ccc([N+](=O)[O-])c(Oc2cnccn2)c1. The second-order valence-electron chi connectivity index (χ2n) is 3.39. The topological polar surface area (TPSA) is 115 Å². The quantitative estimate of drug-likeness (QED) is 0.659. The number of rotatable bonds is 4. The third-order valence-electron chi connectivity index (χ3n) is 2.16. The number of nitrogens with zero attached hydrogens (tertiary/aromatic N) is 3. The van der Waals surface area contributed by atoms with Gasteiger partial charge >= 0.3 is 11.7 Å². The Hall–Kier alpha value is -3.03. The van der Waals surface area contributed by atoms with Crippen LogP contribution in [0.25, 0.3) is 0 Å². The molecular formula is C11H7N3O5. The minimum Gasteiger partial charge on any atom is -0.478 e. The Kier molecular flexibility index (Phi) is 3.33. The molecule has 0 aliphatic carbocycles. The number of carbonyl (C=O) groups is 1. The number of aromatic nitrogens is 2. The molecule has 8 nitrogen and oxygen atoms in total. The number of carboxylic acids is 1. The number of hydrogen-bond donors (Lipinski definition) is 1. The van der Waals surface area contributed by atoms with E-state index in [1.165, 1.54) is 18.6 Å². The normalized spacial score (nSPS) is 9.89. The van der Waals surface area contributed by atoms with Gasteiger partial charge in [-0.2, -0.15) is 0 Å². The van der Waals surface area contributed by atoms with Crippen molar-refractivity contribution in [2.45, 2.75) is 0 Å². The first kappa shape index (κ1) is 12.4. The molecule has 1 aromatic heterocycles. The van der Waals surface area contributed by atoms with Crippen molar-refractivity contribution >= 4 is 11.7 Å². The average Bonchev–Trinajstić information content (AvgIpc) is 2.39. The lowest BCUT2D eigenvalue weighted by Gasteiger charge is -2.05. The van der Waals surface area contributed by atoms with Crippen LogP contribution in [0.4, 0.5) is 5.69 Å². The van der Waals surface area contributed by atoms with E-state index in [2.05, 4.69) is 9.97 Å². The zero-order valence-corrected chi connectivity index (χ0v) is 9.39. The van der Waals surface area contributed by atoms with E-state index in [1.807, 2.05) is 0 Å². The van der Waals surface area contributed by atoms with Crippen LogP contribution >= 0.6 is 0 Å². The van der Waals surface area contributed by atoms with E-state index in [9.17, 15) is 14.9 Å². The highest BCUT2D eigenvalue weighted by atomic mass is 16.6. The Balaban J connectivity index is 2.43. The van der Waals surface area contributed by atoms with Crippen LogP contribution in [-0.4, -0.2) is 26.0 Å². The molecule has 96 valence electrons. The lowest BCUT2D eigenvalue weighted by atomic mass is 10.2. The molecule has 0 spiro atoms. The predicted octanol–water partition coefficient (Wildman–Crippen LogP) is 1.88. The monoisotopic (exact) mass is 261 g/mol. The summed E-state index contributed by atoms with van der Waals surface area (Å²) in [5, 5.41) is 19.7. The van der Waals surface area contributed by atoms with Gasteiger partial charge in [-0.15, -0.1) is 0 Å². The van der Waals surface area contributed by atoms with Crippen molar-refractivity contribution < 1.29 is 19.6 Å². The van der Waals surface area contributed by atoms with Gasteiger partial charge in [-0.25, -0.2) is 9.78 Å². The number of aromatic carboxylic acids is 1. The molecule has 19 heavy (non-hydrogen) atoms. The molecule has 0 aliphatic rings. The lowest BCUT2D eigenvalue weighted by molar-refractivity contribution is -0.385. The smallest absolute Gasteiger partial charge is 0.335 e. The van der Waals surface area contributed by atoms with Gasteiger partial charge in [-0.05, 0) is 6.07 Å². The van der Waals surface area contributed by atoms with Gasteiger partial charge in [0, 0.05) is 24.5 Å². The molecule has 1 heterocycles. The third-order valence-corrected chi connectivity index (χ3v) is 2.16. The summed E-state index contributed by atoms with van der Waals surface area (Å²) in [6.07, 6.45) is 4.02. The van der Waals surface area contributed by atoms with Crippen LogP contribution < -0.4 is 4.74 Å². The van der Waals surface area contributed by atoms with Crippen LogP contribution in [0, 0.1) is 10.1 Å². The van der Waals surface area contributed by atoms with Gasteiger partial charge in [0.15, 0.2) is 0 Å². The fourth-order valence-electron chi connectivity index (χ4n) is 1.33. The van der Waals surface area contributed by atoms with Crippen molar-refractivity contribution in [1.29, 1.82) is 0 Å². The van der Waals surface area contributed by atoms with Crippen molar-refractivity contribution in [3.05, 3.63) is 52.5 Å². The minimum absolute atomic E-state index is 0.0353. The summed E-state index contributed by atoms with van der Waals surface area (Å²) in [4.78, 5) is 28.5. The number of carboxylic acid groups (broad SMARTS) is 1. The van der Waals surface area contributed by atoms with E-state index < -0.39 is 10.9 Å². The summed E-state index contributed by atoms with van der Waals surface area (Å²) in [6, 6.07) is 3.26. The van der Waals surface area contributed by atoms with E-state index in [0.29, 0.717) is 0 Å². The zero-order valence-electron chi connectivity index (χ0n) is 9.39. The van der Waals surface area contributed by atoms with Gasteiger partial charge in [0.2, 0.25) is 11.6 Å². The van der Waals surface area contributed by atoms with Crippen molar-refractivity contribution in [1.82, 2.24) is 9.97 Å². The Morgan fingerprint density at radius 3 is 2.74 bits per heavy atom. The first-order chi connectivity index (χ1) is 9.08. The van der Waals surface area contributed by atoms with Gasteiger partial charge in [0.1, 0.15) is 0 Å². The predicted molar refractivity (Wildman–Crippen MR) is 62.2 cm³/mol. The first-order valence-corrected chi connectivity index (χ1v) is 5.03. The zero-order chi connectivity index (χ0) is 13.8. The van der Waals surface area contributed by atoms with Gasteiger partial charge in [0.05, 0.1) is 16.7 Å². The van der Waals surface area contributed by atoms with Crippen LogP contribution in [0.3, 0.4) is 0 Å². The largest absolute Gasteiger partial charge is 0.478 e. The summed E-state index contributed by atoms with van der Waals surface area (Å²) < 4.78 is 5.18. The van der Waals surface area contributed by atoms with Gasteiger partial charge in [-0.1, -0.05) is 0 Å². The van der Waals surface area contributed by atoms with Crippen LogP contribution in [0.5, 0.6) is 11.6 Å². The van der Waals surface area contributed by atoms with Crippen LogP contribution in [0.15, 0.2) is 36.8 Å². The van der Waals surface area contributed by atoms with E-state index in [1.54, 1.807) is 0 Å². The van der Waals surface area contributed by atoms with E-state index >= 15 is 0 Å². The molecule has 0 saturated heterocycles. The molecule has 0 bridgehead atoms. The Bertz CT molecular complexity index is 629. The van der Waals surface area contributed by atoms with Gasteiger partial charge in [-0.3, -0.25) is 15.1 Å². The van der Waals surface area contributed by atoms with Crippen molar-refractivity contribution in [2.75, 3.05) is 0 Å². The fraction of sp³-hybridized carbons (Fsp3) is 0. The summed E-state index contributed by atoms with van der Waals surface area (Å²) in [7, 11) is 0. The molecule has 2 aromatic rings. The summed E-state index contributed by atoms with van der Waals surface area (Å²) in [5.74, 6) is -1.38. The maximum absolute atomic E-state index is 10.8. The molecule has 0 radical (unpaired) electrons. The molecule has 0 aliphatic heterocycles. The number of benzene rings is 1. The lowest BCUT2D eigenvalue weighted by Crippen LogP contribution is -2.00. The van der Waals surface area contributed by atoms with Crippen LogP contribution in [0.2, 0.25) is 0 Å². The standard InChI is InChI=1S/C11H7N3O5/c15-11(16)7-1-2-8(14(17)18)9(5-7)19-10-6-12-3-4-13-10/h1-6H,(H,15,16). The number of nitro benzene ring substituents is 1. The average molecular weight is 261 g/mol. The Labute approximate surface area is 106 Å². The van der Waals surface area contributed by atoms with Crippen molar-refractivity contribution in [3.63, 3.8) is 0 Å². The second-order valence-corrected chi connectivity index (χ2v) is 3.39. The van der Waals surface area contributed by atoms with Crippen LogP contribution in [-0.2, 0) is 0 Å². The molecule has 0 amide bonds. The number of ether oxygens (including phenoxy) is 1. The van der Waals surface area contributed by atoms with Crippen molar-refractivity contribution in [2.24, 2.45) is 0 Å². The molecule has 1 N–H and O–H groups in total. The first-order valence-electron chi connectivity index (χ1n) is 5.03. The summed E-state index contributed by atoms with van der Waals surface area (Å²) in [6.45, 7) is 0. The highest BCUT2D eigenvalue weighted by Crippen LogP contribution is 2.31. The molecule has 2 rings (SSSR count). The molecule has 1 aromatic carbocycles. The Morgan fingerprint density at radius 2 is 2.16 bits per heavy atom. The fourth-order valence-corrected chi connectivity index (χ4v) is 1.33. The maximum atomic E-state index is 10.8. The van der Waals surface area contributed by atoms with Gasteiger partial charge in [0.25, 0.3) is 0 Å². The highest BCUT2D eigenvalue weighted by Gasteiger charge is 2.18. The summed E-state index contributed by atoms with van der Waals surface area (Å²) >= 11 is 0.